The molecule has 2 aliphatic rings. The number of hydrogen-bond donors (Lipinski definition) is 3. The van der Waals surface area contributed by atoms with Gasteiger partial charge in [0.1, 0.15) is 5.54 Å². The summed E-state index contributed by atoms with van der Waals surface area (Å²) in [5, 5.41) is 6.24. The summed E-state index contributed by atoms with van der Waals surface area (Å²) in [5.74, 6) is -0.465. The highest BCUT2D eigenvalue weighted by molar-refractivity contribution is 6.34. The van der Waals surface area contributed by atoms with Crippen molar-refractivity contribution >= 4 is 29.1 Å². The number of ether oxygens (including phenoxy) is 1. The Balaban J connectivity index is 1.68. The van der Waals surface area contributed by atoms with E-state index in [9.17, 15) is 9.59 Å². The summed E-state index contributed by atoms with van der Waals surface area (Å²) in [7, 11) is 0. The Labute approximate surface area is 158 Å². The fraction of sp³-hybridized carbons (Fsp3) is 0.579. The predicted molar refractivity (Wildman–Crippen MR) is 101 cm³/mol. The van der Waals surface area contributed by atoms with E-state index < -0.39 is 5.54 Å². The number of benzene rings is 1. The van der Waals surface area contributed by atoms with Crippen LogP contribution in [0.15, 0.2) is 18.2 Å². The zero-order valence-corrected chi connectivity index (χ0v) is 15.6. The summed E-state index contributed by atoms with van der Waals surface area (Å²) in [5.41, 5.74) is 6.15. The zero-order chi connectivity index (χ0) is 18.6. The quantitative estimate of drug-likeness (QED) is 0.749. The van der Waals surface area contributed by atoms with Crippen molar-refractivity contribution in [2.75, 3.05) is 18.5 Å². The van der Waals surface area contributed by atoms with Gasteiger partial charge < -0.3 is 21.1 Å². The van der Waals surface area contributed by atoms with Crippen LogP contribution in [0, 0.1) is 0 Å². The topological polar surface area (TPSA) is 93.5 Å². The SMILES string of the molecule is NC1(C(=O)Nc2ccc(Cl)c(C(=O)NC3CCCCC3)c2)CCOCC1. The Bertz CT molecular complexity index is 668. The minimum atomic E-state index is -0.942. The largest absolute Gasteiger partial charge is 0.381 e. The molecule has 1 saturated carbocycles. The Morgan fingerprint density at radius 3 is 2.54 bits per heavy atom. The Hall–Kier alpha value is -1.63. The second-order valence-corrected chi connectivity index (χ2v) is 7.63. The Kier molecular flexibility index (Phi) is 6.16. The molecule has 0 radical (unpaired) electrons. The molecule has 2 fully saturated rings. The molecule has 7 heteroatoms. The van der Waals surface area contributed by atoms with Crippen molar-refractivity contribution in [3.05, 3.63) is 28.8 Å². The van der Waals surface area contributed by atoms with Crippen LogP contribution in [0.25, 0.3) is 0 Å². The molecule has 0 atom stereocenters. The van der Waals surface area contributed by atoms with Crippen LogP contribution in [0.3, 0.4) is 0 Å². The maximum atomic E-state index is 12.6. The first-order chi connectivity index (χ1) is 12.5. The Morgan fingerprint density at radius 1 is 1.15 bits per heavy atom. The molecule has 1 aromatic rings. The van der Waals surface area contributed by atoms with E-state index in [0.29, 0.717) is 42.3 Å². The van der Waals surface area contributed by atoms with Crippen molar-refractivity contribution in [3.8, 4) is 0 Å². The van der Waals surface area contributed by atoms with Crippen molar-refractivity contribution in [1.29, 1.82) is 0 Å². The van der Waals surface area contributed by atoms with Crippen molar-refractivity contribution in [2.24, 2.45) is 5.73 Å². The number of hydrogen-bond acceptors (Lipinski definition) is 4. The van der Waals surface area contributed by atoms with Crippen LogP contribution >= 0.6 is 11.6 Å². The van der Waals surface area contributed by atoms with Crippen LogP contribution in [-0.4, -0.2) is 36.6 Å². The van der Waals surface area contributed by atoms with Gasteiger partial charge in [0.15, 0.2) is 0 Å². The van der Waals surface area contributed by atoms with Crippen LogP contribution in [0.5, 0.6) is 0 Å². The lowest BCUT2D eigenvalue weighted by molar-refractivity contribution is -0.124. The molecule has 2 amide bonds. The normalized spacial score (nSPS) is 20.4. The minimum absolute atomic E-state index is 0.195. The number of nitrogens with one attached hydrogen (secondary N) is 2. The van der Waals surface area contributed by atoms with Crippen molar-refractivity contribution in [1.82, 2.24) is 5.32 Å². The fourth-order valence-electron chi connectivity index (χ4n) is 3.51. The molecule has 1 saturated heterocycles. The number of carbonyl (C=O) groups is 2. The molecule has 1 aliphatic carbocycles. The van der Waals surface area contributed by atoms with Gasteiger partial charge in [-0.15, -0.1) is 0 Å². The fourth-order valence-corrected chi connectivity index (χ4v) is 3.71. The van der Waals surface area contributed by atoms with Crippen LogP contribution in [0.1, 0.15) is 55.3 Å². The van der Waals surface area contributed by atoms with Gasteiger partial charge in [0.2, 0.25) is 5.91 Å². The van der Waals surface area contributed by atoms with E-state index in [0.717, 1.165) is 25.7 Å². The highest BCUT2D eigenvalue weighted by atomic mass is 35.5. The maximum Gasteiger partial charge on any atom is 0.253 e. The third-order valence-corrected chi connectivity index (χ3v) is 5.58. The second-order valence-electron chi connectivity index (χ2n) is 7.23. The minimum Gasteiger partial charge on any atom is -0.381 e. The molecule has 1 aliphatic heterocycles. The number of nitrogens with two attached hydrogens (primary N) is 1. The van der Waals surface area contributed by atoms with Gasteiger partial charge in [0, 0.05) is 24.9 Å². The smallest absolute Gasteiger partial charge is 0.253 e. The van der Waals surface area contributed by atoms with E-state index in [-0.39, 0.29) is 17.9 Å². The van der Waals surface area contributed by atoms with E-state index >= 15 is 0 Å². The van der Waals surface area contributed by atoms with E-state index in [1.807, 2.05) is 0 Å². The molecule has 0 unspecified atom stereocenters. The van der Waals surface area contributed by atoms with Gasteiger partial charge in [-0.05, 0) is 43.9 Å². The average Bonchev–Trinajstić information content (AvgIpc) is 2.64. The highest BCUT2D eigenvalue weighted by Crippen LogP contribution is 2.25. The van der Waals surface area contributed by atoms with Gasteiger partial charge >= 0.3 is 0 Å². The van der Waals surface area contributed by atoms with Crippen LogP contribution in [0.2, 0.25) is 5.02 Å². The molecule has 3 rings (SSSR count). The number of carbonyl (C=O) groups excluding carboxylic acids is 2. The molecule has 4 N–H and O–H groups in total. The van der Waals surface area contributed by atoms with Gasteiger partial charge in [-0.1, -0.05) is 30.9 Å². The summed E-state index contributed by atoms with van der Waals surface area (Å²) < 4.78 is 5.27. The van der Waals surface area contributed by atoms with Crippen LogP contribution < -0.4 is 16.4 Å². The first kappa shape index (κ1) is 19.1. The molecular formula is C19H26ClN3O3. The van der Waals surface area contributed by atoms with Gasteiger partial charge in [-0.25, -0.2) is 0 Å². The standard InChI is InChI=1S/C19H26ClN3O3/c20-16-7-6-14(23-18(25)19(21)8-10-26-11-9-19)12-15(16)17(24)22-13-4-2-1-3-5-13/h6-7,12-13H,1-5,8-11,21H2,(H,22,24)(H,23,25). The molecule has 0 bridgehead atoms. The molecule has 1 aromatic carbocycles. The highest BCUT2D eigenvalue weighted by Gasteiger charge is 2.36. The molecule has 26 heavy (non-hydrogen) atoms. The average molecular weight is 380 g/mol. The monoisotopic (exact) mass is 379 g/mol. The summed E-state index contributed by atoms with van der Waals surface area (Å²) in [6.45, 7) is 0.944. The summed E-state index contributed by atoms with van der Waals surface area (Å²) in [6.07, 6.45) is 6.44. The number of halogens is 1. The third-order valence-electron chi connectivity index (χ3n) is 5.25. The van der Waals surface area contributed by atoms with Gasteiger partial charge in [-0.2, -0.15) is 0 Å². The second kappa shape index (κ2) is 8.37. The number of rotatable bonds is 4. The Morgan fingerprint density at radius 2 is 1.85 bits per heavy atom. The predicted octanol–water partition coefficient (Wildman–Crippen LogP) is 2.85. The van der Waals surface area contributed by atoms with Crippen LogP contribution in [-0.2, 0) is 9.53 Å². The molecule has 1 heterocycles. The van der Waals surface area contributed by atoms with Crippen molar-refractivity contribution in [2.45, 2.75) is 56.5 Å². The van der Waals surface area contributed by atoms with E-state index in [1.165, 1.54) is 6.42 Å². The van der Waals surface area contributed by atoms with E-state index in [1.54, 1.807) is 18.2 Å². The molecular weight excluding hydrogens is 354 g/mol. The van der Waals surface area contributed by atoms with Crippen molar-refractivity contribution in [3.63, 3.8) is 0 Å². The first-order valence-corrected chi connectivity index (χ1v) is 9.64. The molecule has 0 spiro atoms. The lowest BCUT2D eigenvalue weighted by Gasteiger charge is -2.31. The van der Waals surface area contributed by atoms with Crippen molar-refractivity contribution < 1.29 is 14.3 Å². The lowest BCUT2D eigenvalue weighted by atomic mass is 9.90. The maximum absolute atomic E-state index is 12.6. The van der Waals surface area contributed by atoms with E-state index in [2.05, 4.69) is 10.6 Å². The summed E-state index contributed by atoms with van der Waals surface area (Å²) in [4.78, 5) is 25.1. The zero-order valence-electron chi connectivity index (χ0n) is 14.9. The van der Waals surface area contributed by atoms with Gasteiger partial charge in [0.05, 0.1) is 10.6 Å². The van der Waals surface area contributed by atoms with Crippen LogP contribution in [0.4, 0.5) is 5.69 Å². The lowest BCUT2D eigenvalue weighted by Crippen LogP contribution is -2.54. The van der Waals surface area contributed by atoms with E-state index in [4.69, 9.17) is 22.1 Å². The number of amides is 2. The molecule has 0 aromatic heterocycles. The first-order valence-electron chi connectivity index (χ1n) is 9.26. The summed E-state index contributed by atoms with van der Waals surface area (Å²) >= 11 is 6.21. The molecule has 142 valence electrons. The van der Waals surface area contributed by atoms with Gasteiger partial charge in [-0.3, -0.25) is 9.59 Å². The third kappa shape index (κ3) is 4.55. The number of anilines is 1. The van der Waals surface area contributed by atoms with Gasteiger partial charge in [0.25, 0.3) is 5.91 Å². The summed E-state index contributed by atoms with van der Waals surface area (Å²) in [6, 6.07) is 5.11. The molecule has 6 nitrogen and oxygen atoms in total.